The zero-order valence-corrected chi connectivity index (χ0v) is 8.69. The molecule has 0 atom stereocenters. The number of carboxylic acids is 1. The van der Waals surface area contributed by atoms with Crippen LogP contribution < -0.4 is 0 Å². The summed E-state index contributed by atoms with van der Waals surface area (Å²) in [6.07, 6.45) is 0.149. The summed E-state index contributed by atoms with van der Waals surface area (Å²) in [7, 11) is 0. The number of aliphatic carboxylic acids is 1. The van der Waals surface area contributed by atoms with Crippen LogP contribution in [0, 0.1) is 6.92 Å². The second-order valence-corrected chi connectivity index (χ2v) is 4.21. The summed E-state index contributed by atoms with van der Waals surface area (Å²) < 4.78 is 5.16. The number of rotatable bonds is 3. The topological polar surface area (TPSA) is 46.5 Å². The van der Waals surface area contributed by atoms with E-state index in [4.69, 9.17) is 9.84 Å². The van der Waals surface area contributed by atoms with E-state index < -0.39 is 5.97 Å². The Morgan fingerprint density at radius 3 is 2.40 bits per heavy atom. The lowest BCUT2D eigenvalue weighted by molar-refractivity contribution is -0.145. The Kier molecular flexibility index (Phi) is 2.49. The van der Waals surface area contributed by atoms with Crippen LogP contribution in [0.5, 0.6) is 0 Å². The quantitative estimate of drug-likeness (QED) is 0.819. The summed E-state index contributed by atoms with van der Waals surface area (Å²) in [4.78, 5) is 10.8. The van der Waals surface area contributed by atoms with E-state index >= 15 is 0 Å². The molecule has 0 radical (unpaired) electrons. The highest BCUT2D eigenvalue weighted by atomic mass is 16.5. The van der Waals surface area contributed by atoms with Crippen molar-refractivity contribution in [3.05, 3.63) is 35.4 Å². The van der Waals surface area contributed by atoms with Gasteiger partial charge >= 0.3 is 5.97 Å². The molecular weight excluding hydrogens is 192 g/mol. The minimum atomic E-state index is -0.765. The van der Waals surface area contributed by atoms with Crippen LogP contribution in [0.15, 0.2) is 24.3 Å². The minimum absolute atomic E-state index is 0.149. The van der Waals surface area contributed by atoms with Gasteiger partial charge < -0.3 is 9.84 Å². The first kappa shape index (κ1) is 10.2. The standard InChI is InChI=1S/C12H14O3/c1-9-2-4-10(5-3-9)12(6-11(13)14)7-15-8-12/h2-5H,6-8H2,1H3,(H,13,14). The van der Waals surface area contributed by atoms with E-state index in [0.29, 0.717) is 13.2 Å². The molecule has 3 heteroatoms. The molecule has 1 aliphatic heterocycles. The Labute approximate surface area is 88.7 Å². The van der Waals surface area contributed by atoms with Crippen LogP contribution >= 0.6 is 0 Å². The SMILES string of the molecule is Cc1ccc(C2(CC(=O)O)COC2)cc1. The van der Waals surface area contributed by atoms with Gasteiger partial charge in [-0.3, -0.25) is 4.79 Å². The Hall–Kier alpha value is -1.35. The van der Waals surface area contributed by atoms with Crippen molar-refractivity contribution in [3.63, 3.8) is 0 Å². The van der Waals surface area contributed by atoms with Crippen LogP contribution in [0.3, 0.4) is 0 Å². The Balaban J connectivity index is 2.26. The maximum Gasteiger partial charge on any atom is 0.304 e. The fourth-order valence-electron chi connectivity index (χ4n) is 1.92. The molecule has 0 unspecified atom stereocenters. The summed E-state index contributed by atoms with van der Waals surface area (Å²) >= 11 is 0. The summed E-state index contributed by atoms with van der Waals surface area (Å²) in [5, 5.41) is 8.87. The van der Waals surface area contributed by atoms with Gasteiger partial charge in [-0.05, 0) is 12.5 Å². The fraction of sp³-hybridized carbons (Fsp3) is 0.417. The smallest absolute Gasteiger partial charge is 0.304 e. The number of hydrogen-bond acceptors (Lipinski definition) is 2. The molecule has 3 nitrogen and oxygen atoms in total. The number of aryl methyl sites for hydroxylation is 1. The van der Waals surface area contributed by atoms with Crippen molar-refractivity contribution >= 4 is 5.97 Å². The van der Waals surface area contributed by atoms with Gasteiger partial charge in [-0.2, -0.15) is 0 Å². The summed E-state index contributed by atoms with van der Waals surface area (Å²) in [5.74, 6) is -0.765. The van der Waals surface area contributed by atoms with E-state index in [1.54, 1.807) is 0 Å². The van der Waals surface area contributed by atoms with Gasteiger partial charge in [-0.1, -0.05) is 29.8 Å². The van der Waals surface area contributed by atoms with Gasteiger partial charge in [0, 0.05) is 0 Å². The van der Waals surface area contributed by atoms with Crippen LogP contribution in [0.2, 0.25) is 0 Å². The van der Waals surface area contributed by atoms with Gasteiger partial charge in [0.25, 0.3) is 0 Å². The molecule has 1 aromatic carbocycles. The van der Waals surface area contributed by atoms with Crippen molar-refractivity contribution in [2.45, 2.75) is 18.8 Å². The molecule has 1 N–H and O–H groups in total. The van der Waals surface area contributed by atoms with Crippen molar-refractivity contribution < 1.29 is 14.6 Å². The first-order valence-electron chi connectivity index (χ1n) is 4.99. The third-order valence-corrected chi connectivity index (χ3v) is 2.91. The zero-order chi connectivity index (χ0) is 10.9. The van der Waals surface area contributed by atoms with Gasteiger partial charge in [-0.15, -0.1) is 0 Å². The molecule has 0 aliphatic carbocycles. The molecular formula is C12H14O3. The summed E-state index contributed by atoms with van der Waals surface area (Å²) in [6, 6.07) is 8.02. The highest BCUT2D eigenvalue weighted by Crippen LogP contribution is 2.35. The van der Waals surface area contributed by atoms with Crippen molar-refractivity contribution in [1.82, 2.24) is 0 Å². The summed E-state index contributed by atoms with van der Waals surface area (Å²) in [5.41, 5.74) is 1.96. The van der Waals surface area contributed by atoms with Crippen molar-refractivity contribution in [3.8, 4) is 0 Å². The zero-order valence-electron chi connectivity index (χ0n) is 8.69. The lowest BCUT2D eigenvalue weighted by atomic mass is 9.76. The highest BCUT2D eigenvalue weighted by molar-refractivity contribution is 5.69. The van der Waals surface area contributed by atoms with Crippen molar-refractivity contribution in [2.24, 2.45) is 0 Å². The van der Waals surface area contributed by atoms with Gasteiger partial charge in [0.15, 0.2) is 0 Å². The molecule has 0 amide bonds. The van der Waals surface area contributed by atoms with Crippen LogP contribution in [0.4, 0.5) is 0 Å². The molecule has 0 bridgehead atoms. The van der Waals surface area contributed by atoms with E-state index in [0.717, 1.165) is 5.56 Å². The second kappa shape index (κ2) is 3.66. The molecule has 80 valence electrons. The molecule has 1 aliphatic rings. The summed E-state index contributed by atoms with van der Waals surface area (Å²) in [6.45, 7) is 3.05. The van der Waals surface area contributed by atoms with Gasteiger partial charge in [-0.25, -0.2) is 0 Å². The van der Waals surface area contributed by atoms with Crippen LogP contribution in [0.25, 0.3) is 0 Å². The predicted molar refractivity (Wildman–Crippen MR) is 55.9 cm³/mol. The minimum Gasteiger partial charge on any atom is -0.481 e. The third kappa shape index (κ3) is 1.88. The third-order valence-electron chi connectivity index (χ3n) is 2.91. The van der Waals surface area contributed by atoms with Gasteiger partial charge in [0.2, 0.25) is 0 Å². The number of carboxylic acid groups (broad SMARTS) is 1. The van der Waals surface area contributed by atoms with E-state index in [1.807, 2.05) is 31.2 Å². The van der Waals surface area contributed by atoms with Crippen molar-refractivity contribution in [2.75, 3.05) is 13.2 Å². The maximum atomic E-state index is 10.8. The van der Waals surface area contributed by atoms with E-state index in [-0.39, 0.29) is 11.8 Å². The van der Waals surface area contributed by atoms with E-state index in [2.05, 4.69) is 0 Å². The fourth-order valence-corrected chi connectivity index (χ4v) is 1.92. The normalized spacial score (nSPS) is 18.2. The maximum absolute atomic E-state index is 10.8. The Morgan fingerprint density at radius 1 is 1.40 bits per heavy atom. The monoisotopic (exact) mass is 206 g/mol. The molecule has 0 saturated carbocycles. The number of benzene rings is 1. The van der Waals surface area contributed by atoms with E-state index in [9.17, 15) is 4.79 Å². The second-order valence-electron chi connectivity index (χ2n) is 4.21. The molecule has 0 spiro atoms. The van der Waals surface area contributed by atoms with Crippen LogP contribution in [-0.4, -0.2) is 24.3 Å². The first-order valence-corrected chi connectivity index (χ1v) is 4.99. The molecule has 2 rings (SSSR count). The van der Waals surface area contributed by atoms with Gasteiger partial charge in [0.05, 0.1) is 25.0 Å². The Bertz CT molecular complexity index is 363. The average molecular weight is 206 g/mol. The van der Waals surface area contributed by atoms with Crippen molar-refractivity contribution in [1.29, 1.82) is 0 Å². The largest absolute Gasteiger partial charge is 0.481 e. The molecule has 15 heavy (non-hydrogen) atoms. The lowest BCUT2D eigenvalue weighted by Crippen LogP contribution is -2.48. The number of hydrogen-bond donors (Lipinski definition) is 1. The molecule has 1 heterocycles. The van der Waals surface area contributed by atoms with E-state index in [1.165, 1.54) is 5.56 Å². The first-order chi connectivity index (χ1) is 7.12. The Morgan fingerprint density at radius 2 is 2.00 bits per heavy atom. The van der Waals surface area contributed by atoms with Crippen LogP contribution in [-0.2, 0) is 14.9 Å². The van der Waals surface area contributed by atoms with Crippen LogP contribution in [0.1, 0.15) is 17.5 Å². The number of carbonyl (C=O) groups is 1. The molecule has 1 saturated heterocycles. The highest BCUT2D eigenvalue weighted by Gasteiger charge is 2.42. The van der Waals surface area contributed by atoms with Gasteiger partial charge in [0.1, 0.15) is 0 Å². The lowest BCUT2D eigenvalue weighted by Gasteiger charge is -2.40. The predicted octanol–water partition coefficient (Wildman–Crippen LogP) is 1.74. The molecule has 1 aromatic rings. The molecule has 1 fully saturated rings. The molecule has 0 aromatic heterocycles. The number of ether oxygens (including phenoxy) is 1. The average Bonchev–Trinajstić information content (AvgIpc) is 2.13.